The van der Waals surface area contributed by atoms with Crippen LogP contribution in [-0.2, 0) is 16.6 Å². The molecule has 1 heterocycles. The predicted molar refractivity (Wildman–Crippen MR) is 83.2 cm³/mol. The Balaban J connectivity index is 2.02. The van der Waals surface area contributed by atoms with Crippen LogP contribution in [0.1, 0.15) is 15.2 Å². The van der Waals surface area contributed by atoms with Gasteiger partial charge in [0.15, 0.2) is 0 Å². The van der Waals surface area contributed by atoms with E-state index in [0.717, 1.165) is 16.2 Å². The van der Waals surface area contributed by atoms with E-state index in [4.69, 9.17) is 11.6 Å². The Bertz CT molecular complexity index is 756. The van der Waals surface area contributed by atoms with Crippen LogP contribution in [0.4, 0.5) is 0 Å². The van der Waals surface area contributed by atoms with Crippen LogP contribution in [0.5, 0.6) is 0 Å². The van der Waals surface area contributed by atoms with Crippen molar-refractivity contribution in [2.24, 2.45) is 0 Å². The van der Waals surface area contributed by atoms with Crippen molar-refractivity contribution in [3.05, 3.63) is 51.9 Å². The van der Waals surface area contributed by atoms with Crippen molar-refractivity contribution < 1.29 is 13.2 Å². The van der Waals surface area contributed by atoms with Gasteiger partial charge in [-0.15, -0.1) is 11.3 Å². The lowest BCUT2D eigenvalue weighted by atomic mass is 10.2. The third-order valence-electron chi connectivity index (χ3n) is 2.68. The van der Waals surface area contributed by atoms with E-state index in [1.165, 1.54) is 13.1 Å². The molecule has 0 fully saturated rings. The Morgan fingerprint density at radius 1 is 1.29 bits per heavy atom. The molecular weight excluding hydrogens is 332 g/mol. The Morgan fingerprint density at radius 2 is 2.05 bits per heavy atom. The van der Waals surface area contributed by atoms with E-state index >= 15 is 0 Å². The number of hydrogen-bond acceptors (Lipinski definition) is 4. The minimum Gasteiger partial charge on any atom is -0.347 e. The lowest BCUT2D eigenvalue weighted by Crippen LogP contribution is -2.22. The number of nitrogens with one attached hydrogen (secondary N) is 2. The number of carbonyl (C=O) groups is 1. The maximum atomic E-state index is 11.9. The fraction of sp³-hybridized carbons (Fsp3) is 0.154. The summed E-state index contributed by atoms with van der Waals surface area (Å²) in [7, 11) is -2.08. The highest BCUT2D eigenvalue weighted by Crippen LogP contribution is 2.21. The average molecular weight is 345 g/mol. The van der Waals surface area contributed by atoms with Crippen LogP contribution < -0.4 is 10.0 Å². The summed E-state index contributed by atoms with van der Waals surface area (Å²) in [5.74, 6) is -0.260. The van der Waals surface area contributed by atoms with Gasteiger partial charge in [0.05, 0.1) is 6.54 Å². The van der Waals surface area contributed by atoms with Crippen molar-refractivity contribution in [1.29, 1.82) is 0 Å². The van der Waals surface area contributed by atoms with Gasteiger partial charge in [-0.3, -0.25) is 4.79 Å². The topological polar surface area (TPSA) is 75.3 Å². The summed E-state index contributed by atoms with van der Waals surface area (Å²) < 4.78 is 25.7. The van der Waals surface area contributed by atoms with Crippen LogP contribution in [0.2, 0.25) is 5.02 Å². The van der Waals surface area contributed by atoms with Crippen LogP contribution >= 0.6 is 22.9 Å². The first-order valence-corrected chi connectivity index (χ1v) is 8.66. The molecule has 1 aromatic carbocycles. The number of hydrogen-bond donors (Lipinski definition) is 2. The average Bonchev–Trinajstić information content (AvgIpc) is 2.94. The quantitative estimate of drug-likeness (QED) is 0.873. The van der Waals surface area contributed by atoms with Gasteiger partial charge in [-0.05, 0) is 37.4 Å². The SMILES string of the molecule is CNS(=O)(=O)c1ccc(CNC(=O)c2cccc(Cl)c2)s1. The van der Waals surface area contributed by atoms with Crippen molar-refractivity contribution >= 4 is 38.9 Å². The summed E-state index contributed by atoms with van der Waals surface area (Å²) in [6.07, 6.45) is 0. The van der Waals surface area contributed by atoms with Gasteiger partial charge in [-0.25, -0.2) is 13.1 Å². The van der Waals surface area contributed by atoms with E-state index in [-0.39, 0.29) is 16.7 Å². The monoisotopic (exact) mass is 344 g/mol. The highest BCUT2D eigenvalue weighted by molar-refractivity contribution is 7.91. The second kappa shape index (κ2) is 6.57. The van der Waals surface area contributed by atoms with Gasteiger partial charge in [-0.2, -0.15) is 0 Å². The van der Waals surface area contributed by atoms with Crippen molar-refractivity contribution in [3.63, 3.8) is 0 Å². The van der Waals surface area contributed by atoms with E-state index in [9.17, 15) is 13.2 Å². The first kappa shape index (κ1) is 16.0. The molecule has 0 unspecified atom stereocenters. The standard InChI is InChI=1S/C13H13ClN2O3S2/c1-15-21(18,19)12-6-5-11(20-12)8-16-13(17)9-3-2-4-10(14)7-9/h2-7,15H,8H2,1H3,(H,16,17). The molecule has 0 saturated heterocycles. The van der Waals surface area contributed by atoms with Crippen molar-refractivity contribution in [3.8, 4) is 0 Å². The van der Waals surface area contributed by atoms with Gasteiger partial charge in [0.2, 0.25) is 10.0 Å². The van der Waals surface area contributed by atoms with Crippen molar-refractivity contribution in [2.75, 3.05) is 7.05 Å². The Labute approximate surface area is 132 Å². The zero-order valence-corrected chi connectivity index (χ0v) is 13.5. The second-order valence-electron chi connectivity index (χ2n) is 4.12. The molecule has 0 saturated carbocycles. The molecule has 0 aliphatic heterocycles. The molecule has 8 heteroatoms. The third-order valence-corrected chi connectivity index (χ3v) is 5.91. The number of benzene rings is 1. The van der Waals surface area contributed by atoms with Crippen LogP contribution in [0, 0.1) is 0 Å². The molecule has 0 aliphatic rings. The Morgan fingerprint density at radius 3 is 2.71 bits per heavy atom. The number of thiophene rings is 1. The summed E-state index contributed by atoms with van der Waals surface area (Å²) in [5, 5.41) is 3.21. The number of halogens is 1. The number of sulfonamides is 1. The zero-order valence-electron chi connectivity index (χ0n) is 11.1. The zero-order chi connectivity index (χ0) is 15.5. The van der Waals surface area contributed by atoms with Gasteiger partial charge in [0.1, 0.15) is 4.21 Å². The summed E-state index contributed by atoms with van der Waals surface area (Å²) in [6, 6.07) is 9.80. The Hall–Kier alpha value is -1.41. The molecule has 0 bridgehead atoms. The van der Waals surface area contributed by atoms with Gasteiger partial charge >= 0.3 is 0 Å². The minimum absolute atomic E-state index is 0.219. The predicted octanol–water partition coefficient (Wildman–Crippen LogP) is 2.24. The van der Waals surface area contributed by atoms with E-state index in [2.05, 4.69) is 10.0 Å². The third kappa shape index (κ3) is 4.04. The number of rotatable bonds is 5. The summed E-state index contributed by atoms with van der Waals surface area (Å²) in [4.78, 5) is 12.7. The number of carbonyl (C=O) groups excluding carboxylic acids is 1. The molecule has 0 radical (unpaired) electrons. The van der Waals surface area contributed by atoms with E-state index in [0.29, 0.717) is 10.6 Å². The summed E-state index contributed by atoms with van der Waals surface area (Å²) in [6.45, 7) is 0.259. The van der Waals surface area contributed by atoms with Crippen molar-refractivity contribution in [1.82, 2.24) is 10.0 Å². The molecule has 0 spiro atoms. The lowest BCUT2D eigenvalue weighted by Gasteiger charge is -2.04. The van der Waals surface area contributed by atoms with E-state index in [1.807, 2.05) is 0 Å². The molecule has 0 atom stereocenters. The van der Waals surface area contributed by atoms with E-state index < -0.39 is 10.0 Å². The summed E-state index contributed by atoms with van der Waals surface area (Å²) >= 11 is 6.94. The van der Waals surface area contributed by atoms with Gasteiger partial charge in [0, 0.05) is 15.5 Å². The normalized spacial score (nSPS) is 11.3. The molecule has 112 valence electrons. The van der Waals surface area contributed by atoms with Gasteiger partial charge < -0.3 is 5.32 Å². The Kier molecular flexibility index (Phi) is 5.00. The van der Waals surface area contributed by atoms with Gasteiger partial charge in [-0.1, -0.05) is 17.7 Å². The molecule has 0 aliphatic carbocycles. The smallest absolute Gasteiger partial charge is 0.251 e. The molecule has 1 amide bonds. The molecule has 1 aromatic heterocycles. The van der Waals surface area contributed by atoms with Crippen LogP contribution in [0.15, 0.2) is 40.6 Å². The second-order valence-corrected chi connectivity index (χ2v) is 7.84. The largest absolute Gasteiger partial charge is 0.347 e. The first-order valence-electron chi connectivity index (χ1n) is 5.98. The molecule has 2 rings (SSSR count). The van der Waals surface area contributed by atoms with E-state index in [1.54, 1.807) is 30.3 Å². The fourth-order valence-corrected chi connectivity index (χ4v) is 3.92. The van der Waals surface area contributed by atoms with Crippen molar-refractivity contribution in [2.45, 2.75) is 10.8 Å². The maximum Gasteiger partial charge on any atom is 0.251 e. The highest BCUT2D eigenvalue weighted by atomic mass is 35.5. The first-order chi connectivity index (χ1) is 9.92. The summed E-state index contributed by atoms with van der Waals surface area (Å²) in [5.41, 5.74) is 0.460. The van der Waals surface area contributed by atoms with Gasteiger partial charge in [0.25, 0.3) is 5.91 Å². The fourth-order valence-electron chi connectivity index (χ4n) is 1.60. The molecule has 5 nitrogen and oxygen atoms in total. The van der Waals surface area contributed by atoms with Crippen LogP contribution in [0.25, 0.3) is 0 Å². The highest BCUT2D eigenvalue weighted by Gasteiger charge is 2.14. The number of amides is 1. The molecular formula is C13H13ClN2O3S2. The molecule has 21 heavy (non-hydrogen) atoms. The lowest BCUT2D eigenvalue weighted by molar-refractivity contribution is 0.0951. The molecule has 2 aromatic rings. The maximum absolute atomic E-state index is 11.9. The van der Waals surface area contributed by atoms with Crippen LogP contribution in [-0.4, -0.2) is 21.4 Å². The van der Waals surface area contributed by atoms with Crippen LogP contribution in [0.3, 0.4) is 0 Å². The molecule has 2 N–H and O–H groups in total. The minimum atomic E-state index is -3.44.